The van der Waals surface area contributed by atoms with E-state index in [4.69, 9.17) is 4.74 Å². The van der Waals surface area contributed by atoms with Crippen LogP contribution in [0.5, 0.6) is 0 Å². The fourth-order valence-corrected chi connectivity index (χ4v) is 4.88. The average Bonchev–Trinajstić information content (AvgIpc) is 2.76. The second kappa shape index (κ2) is 10.8. The molecule has 1 unspecified atom stereocenters. The molecule has 0 bridgehead atoms. The Kier molecular flexibility index (Phi) is 8.29. The van der Waals surface area contributed by atoms with Crippen molar-refractivity contribution < 1.29 is 14.6 Å². The summed E-state index contributed by atoms with van der Waals surface area (Å²) in [6, 6.07) is 17.1. The Hall–Kier alpha value is -2.53. The molecular formula is C29H42N2O3. The van der Waals surface area contributed by atoms with E-state index in [0.29, 0.717) is 12.3 Å². The quantitative estimate of drug-likeness (QED) is 0.458. The number of hydrogen-bond donors (Lipinski definition) is 2. The lowest BCUT2D eigenvalue weighted by molar-refractivity contribution is 0.0617. The maximum absolute atomic E-state index is 12.7. The standard InChI is InChI=1S/C29H42N2O3/c1-7-21(20-29(5,6)33)24-13-14-26(25(19-24)30-27(32)34-28(2,3)4)31-17-15-23(16-18-31)22-11-9-8-10-12-22/h8-14,19,21,23,33H,7,15-18,20H2,1-6H3,(H,30,32). The molecule has 1 aliphatic rings. The number of ether oxygens (including phenoxy) is 1. The molecule has 1 amide bonds. The van der Waals surface area contributed by atoms with E-state index < -0.39 is 17.3 Å². The van der Waals surface area contributed by atoms with Crippen LogP contribution in [-0.2, 0) is 4.74 Å². The number of benzene rings is 2. The molecule has 1 atom stereocenters. The highest BCUT2D eigenvalue weighted by Gasteiger charge is 2.26. The molecule has 5 nitrogen and oxygen atoms in total. The zero-order valence-corrected chi connectivity index (χ0v) is 21.7. The molecule has 1 aliphatic heterocycles. The number of aliphatic hydroxyl groups is 1. The second-order valence-electron chi connectivity index (χ2n) is 11.2. The highest BCUT2D eigenvalue weighted by atomic mass is 16.6. The molecule has 186 valence electrons. The maximum atomic E-state index is 12.7. The summed E-state index contributed by atoms with van der Waals surface area (Å²) in [5.74, 6) is 0.771. The lowest BCUT2D eigenvalue weighted by atomic mass is 9.85. The Labute approximate surface area is 205 Å². The van der Waals surface area contributed by atoms with Gasteiger partial charge in [0.25, 0.3) is 0 Å². The summed E-state index contributed by atoms with van der Waals surface area (Å²) in [7, 11) is 0. The smallest absolute Gasteiger partial charge is 0.412 e. The van der Waals surface area contributed by atoms with Gasteiger partial charge in [-0.1, -0.05) is 43.3 Å². The van der Waals surface area contributed by atoms with E-state index in [1.807, 2.05) is 34.6 Å². The van der Waals surface area contributed by atoms with Gasteiger partial charge in [0.2, 0.25) is 0 Å². The first-order valence-corrected chi connectivity index (χ1v) is 12.6. The molecule has 0 aliphatic carbocycles. The van der Waals surface area contributed by atoms with Gasteiger partial charge in [0, 0.05) is 13.1 Å². The molecule has 5 heteroatoms. The van der Waals surface area contributed by atoms with Crippen LogP contribution in [0.2, 0.25) is 0 Å². The lowest BCUT2D eigenvalue weighted by Crippen LogP contribution is -2.34. The minimum atomic E-state index is -0.753. The Balaban J connectivity index is 1.84. The molecule has 0 aromatic heterocycles. The van der Waals surface area contributed by atoms with Crippen molar-refractivity contribution in [1.29, 1.82) is 0 Å². The van der Waals surface area contributed by atoms with Gasteiger partial charge in [-0.25, -0.2) is 4.79 Å². The van der Waals surface area contributed by atoms with Gasteiger partial charge in [-0.05, 0) is 95.4 Å². The summed E-state index contributed by atoms with van der Waals surface area (Å²) in [5.41, 5.74) is 3.01. The van der Waals surface area contributed by atoms with Crippen molar-refractivity contribution >= 4 is 17.5 Å². The summed E-state index contributed by atoms with van der Waals surface area (Å²) < 4.78 is 5.56. The molecule has 2 aromatic carbocycles. The van der Waals surface area contributed by atoms with E-state index in [0.717, 1.165) is 49.3 Å². The monoisotopic (exact) mass is 466 g/mol. The first kappa shape index (κ1) is 26.1. The van der Waals surface area contributed by atoms with Gasteiger partial charge in [-0.15, -0.1) is 0 Å². The van der Waals surface area contributed by atoms with Crippen molar-refractivity contribution in [3.05, 3.63) is 59.7 Å². The molecule has 0 radical (unpaired) electrons. The molecule has 2 aromatic rings. The maximum Gasteiger partial charge on any atom is 0.412 e. The van der Waals surface area contributed by atoms with E-state index in [-0.39, 0.29) is 5.92 Å². The van der Waals surface area contributed by atoms with Gasteiger partial charge in [-0.3, -0.25) is 5.32 Å². The van der Waals surface area contributed by atoms with Crippen LogP contribution in [0.25, 0.3) is 0 Å². The largest absolute Gasteiger partial charge is 0.444 e. The van der Waals surface area contributed by atoms with Crippen LogP contribution in [0, 0.1) is 0 Å². The average molecular weight is 467 g/mol. The van der Waals surface area contributed by atoms with Crippen LogP contribution in [0.4, 0.5) is 16.2 Å². The van der Waals surface area contributed by atoms with E-state index in [1.165, 1.54) is 5.56 Å². The third kappa shape index (κ3) is 7.49. The fraction of sp³-hybridized carbons (Fsp3) is 0.552. The Morgan fingerprint density at radius 2 is 1.74 bits per heavy atom. The molecular weight excluding hydrogens is 424 g/mol. The highest BCUT2D eigenvalue weighted by molar-refractivity contribution is 5.90. The molecule has 3 rings (SSSR count). The van der Waals surface area contributed by atoms with E-state index in [9.17, 15) is 9.90 Å². The molecule has 1 fully saturated rings. The van der Waals surface area contributed by atoms with E-state index in [2.05, 4.69) is 65.7 Å². The predicted octanol–water partition coefficient (Wildman–Crippen LogP) is 7.07. The molecule has 0 saturated carbocycles. The fourth-order valence-electron chi connectivity index (χ4n) is 4.88. The number of nitrogens with one attached hydrogen (secondary N) is 1. The number of nitrogens with zero attached hydrogens (tertiary/aromatic N) is 1. The number of hydrogen-bond acceptors (Lipinski definition) is 4. The van der Waals surface area contributed by atoms with Crippen LogP contribution >= 0.6 is 0 Å². The van der Waals surface area contributed by atoms with Crippen LogP contribution in [-0.4, -0.2) is 35.5 Å². The summed E-state index contributed by atoms with van der Waals surface area (Å²) in [4.78, 5) is 15.1. The molecule has 0 spiro atoms. The molecule has 34 heavy (non-hydrogen) atoms. The van der Waals surface area contributed by atoms with Crippen molar-refractivity contribution in [3.63, 3.8) is 0 Å². The minimum Gasteiger partial charge on any atom is -0.444 e. The summed E-state index contributed by atoms with van der Waals surface area (Å²) in [5, 5.41) is 13.4. The Bertz CT molecular complexity index is 936. The Morgan fingerprint density at radius 1 is 1.09 bits per heavy atom. The normalized spacial score (nSPS) is 16.3. The number of anilines is 2. The van der Waals surface area contributed by atoms with Crippen molar-refractivity contribution in [2.75, 3.05) is 23.3 Å². The number of carbonyl (C=O) groups is 1. The van der Waals surface area contributed by atoms with Crippen molar-refractivity contribution in [2.45, 2.75) is 90.3 Å². The van der Waals surface area contributed by atoms with Gasteiger partial charge < -0.3 is 14.7 Å². The Morgan fingerprint density at radius 3 is 2.29 bits per heavy atom. The number of carbonyl (C=O) groups excluding carboxylic acids is 1. The van der Waals surface area contributed by atoms with E-state index >= 15 is 0 Å². The first-order valence-electron chi connectivity index (χ1n) is 12.6. The van der Waals surface area contributed by atoms with Crippen molar-refractivity contribution in [3.8, 4) is 0 Å². The molecule has 1 saturated heterocycles. The topological polar surface area (TPSA) is 61.8 Å². The van der Waals surface area contributed by atoms with Crippen LogP contribution in [0.1, 0.15) is 90.2 Å². The third-order valence-electron chi connectivity index (χ3n) is 6.47. The minimum absolute atomic E-state index is 0.206. The number of rotatable bonds is 7. The summed E-state index contributed by atoms with van der Waals surface area (Å²) >= 11 is 0. The number of piperidine rings is 1. The van der Waals surface area contributed by atoms with Crippen molar-refractivity contribution in [1.82, 2.24) is 0 Å². The van der Waals surface area contributed by atoms with E-state index in [1.54, 1.807) is 0 Å². The SMILES string of the molecule is CCC(CC(C)(C)O)c1ccc(N2CCC(c3ccccc3)CC2)c(NC(=O)OC(C)(C)C)c1. The van der Waals surface area contributed by atoms with Crippen molar-refractivity contribution in [2.24, 2.45) is 0 Å². The molecule has 2 N–H and O–H groups in total. The van der Waals surface area contributed by atoms with Crippen LogP contribution in [0.3, 0.4) is 0 Å². The van der Waals surface area contributed by atoms with Gasteiger partial charge in [0.1, 0.15) is 5.60 Å². The summed E-state index contributed by atoms with van der Waals surface area (Å²) in [6.07, 6.45) is 3.29. The molecule has 1 heterocycles. The lowest BCUT2D eigenvalue weighted by Gasteiger charge is -2.35. The summed E-state index contributed by atoms with van der Waals surface area (Å²) in [6.45, 7) is 13.3. The second-order valence-corrected chi connectivity index (χ2v) is 11.2. The first-order chi connectivity index (χ1) is 15.9. The number of amides is 1. The van der Waals surface area contributed by atoms with Crippen LogP contribution in [0.15, 0.2) is 48.5 Å². The zero-order chi connectivity index (χ0) is 24.9. The van der Waals surface area contributed by atoms with Gasteiger partial charge in [0.15, 0.2) is 0 Å². The zero-order valence-electron chi connectivity index (χ0n) is 21.7. The third-order valence-corrected chi connectivity index (χ3v) is 6.47. The highest BCUT2D eigenvalue weighted by Crippen LogP contribution is 2.37. The predicted molar refractivity (Wildman–Crippen MR) is 141 cm³/mol. The van der Waals surface area contributed by atoms with Crippen LogP contribution < -0.4 is 10.2 Å². The van der Waals surface area contributed by atoms with Gasteiger partial charge >= 0.3 is 6.09 Å². The van der Waals surface area contributed by atoms with Gasteiger partial charge in [-0.2, -0.15) is 0 Å². The van der Waals surface area contributed by atoms with Gasteiger partial charge in [0.05, 0.1) is 17.0 Å².